The number of likely N-dealkylation sites (tertiary alicyclic amines) is 1. The third kappa shape index (κ3) is 5.43. The topological polar surface area (TPSA) is 32.3 Å². The van der Waals surface area contributed by atoms with E-state index in [0.29, 0.717) is 12.0 Å². The van der Waals surface area contributed by atoms with Crippen molar-refractivity contribution < 1.29 is 4.79 Å². The molecule has 1 saturated heterocycles. The fourth-order valence-corrected chi connectivity index (χ4v) is 4.54. The Kier molecular flexibility index (Phi) is 7.42. The summed E-state index contributed by atoms with van der Waals surface area (Å²) in [6.45, 7) is 10.6. The van der Waals surface area contributed by atoms with Gasteiger partial charge in [-0.05, 0) is 92.9 Å². The molecule has 2 aromatic carbocycles. The van der Waals surface area contributed by atoms with Gasteiger partial charge in [-0.2, -0.15) is 0 Å². The van der Waals surface area contributed by atoms with Gasteiger partial charge in [0.15, 0.2) is 0 Å². The van der Waals surface area contributed by atoms with Crippen LogP contribution >= 0.6 is 11.8 Å². The van der Waals surface area contributed by atoms with Crippen LogP contribution in [0, 0.1) is 12.8 Å². The van der Waals surface area contributed by atoms with Crippen molar-refractivity contribution in [2.45, 2.75) is 57.4 Å². The Bertz CT molecular complexity index is 823. The number of nitrogens with zero attached hydrogens (tertiary/aromatic N) is 1. The van der Waals surface area contributed by atoms with Gasteiger partial charge in [0, 0.05) is 22.5 Å². The molecule has 1 aliphatic heterocycles. The summed E-state index contributed by atoms with van der Waals surface area (Å²) in [5.74, 6) is 0.638. The highest BCUT2D eigenvalue weighted by Gasteiger charge is 2.25. The van der Waals surface area contributed by atoms with Crippen molar-refractivity contribution in [2.75, 3.05) is 24.7 Å². The largest absolute Gasteiger partial charge is 0.326 e. The van der Waals surface area contributed by atoms with Gasteiger partial charge in [-0.3, -0.25) is 9.69 Å². The monoisotopic (exact) mass is 410 g/mol. The van der Waals surface area contributed by atoms with Crippen LogP contribution in [0.25, 0.3) is 0 Å². The summed E-state index contributed by atoms with van der Waals surface area (Å²) in [7, 11) is 0. The van der Waals surface area contributed by atoms with Crippen LogP contribution in [0.5, 0.6) is 0 Å². The van der Waals surface area contributed by atoms with Crippen LogP contribution in [0.4, 0.5) is 5.69 Å². The summed E-state index contributed by atoms with van der Waals surface area (Å²) in [5.41, 5.74) is 5.04. The minimum Gasteiger partial charge on any atom is -0.326 e. The quantitative estimate of drug-likeness (QED) is 0.571. The Labute approximate surface area is 180 Å². The molecule has 0 bridgehead atoms. The number of carbonyl (C=O) groups is 1. The van der Waals surface area contributed by atoms with Crippen LogP contribution in [-0.4, -0.2) is 30.2 Å². The van der Waals surface area contributed by atoms with Gasteiger partial charge in [0.05, 0.1) is 0 Å². The number of benzene rings is 2. The number of aryl methyl sites for hydroxylation is 1. The second-order valence-electron chi connectivity index (χ2n) is 8.47. The molecule has 4 heteroatoms. The molecular weight excluding hydrogens is 376 g/mol. The third-order valence-corrected chi connectivity index (χ3v) is 6.93. The lowest BCUT2D eigenvalue weighted by Gasteiger charge is -2.37. The first-order valence-corrected chi connectivity index (χ1v) is 11.9. The van der Waals surface area contributed by atoms with E-state index < -0.39 is 0 Å². The van der Waals surface area contributed by atoms with Gasteiger partial charge in [0.2, 0.25) is 5.91 Å². The molecule has 1 heterocycles. The molecule has 0 spiro atoms. The molecule has 156 valence electrons. The number of nitrogens with one attached hydrogen (secondary N) is 1. The van der Waals surface area contributed by atoms with Crippen molar-refractivity contribution in [3.05, 3.63) is 59.2 Å². The van der Waals surface area contributed by atoms with E-state index in [-0.39, 0.29) is 11.8 Å². The maximum atomic E-state index is 12.1. The number of thioether (sulfide) groups is 1. The molecule has 29 heavy (non-hydrogen) atoms. The Morgan fingerprint density at radius 1 is 1.07 bits per heavy atom. The molecule has 1 amide bonds. The zero-order chi connectivity index (χ0) is 21.0. The number of piperidine rings is 1. The fraction of sp³-hybridized carbons (Fsp3) is 0.480. The Hall–Kier alpha value is -1.78. The van der Waals surface area contributed by atoms with E-state index in [4.69, 9.17) is 0 Å². The summed E-state index contributed by atoms with van der Waals surface area (Å²) in [4.78, 5) is 16.0. The summed E-state index contributed by atoms with van der Waals surface area (Å²) in [6, 6.07) is 15.8. The van der Waals surface area contributed by atoms with E-state index in [0.717, 1.165) is 31.6 Å². The first-order chi connectivity index (χ1) is 13.9. The predicted octanol–water partition coefficient (Wildman–Crippen LogP) is 6.25. The molecular formula is C25H34N2OS. The van der Waals surface area contributed by atoms with Crippen molar-refractivity contribution in [3.63, 3.8) is 0 Å². The van der Waals surface area contributed by atoms with Crippen molar-refractivity contribution in [1.82, 2.24) is 4.90 Å². The van der Waals surface area contributed by atoms with Gasteiger partial charge in [-0.15, -0.1) is 11.8 Å². The number of carbonyl (C=O) groups excluding carboxylic acids is 1. The van der Waals surface area contributed by atoms with E-state index in [9.17, 15) is 4.79 Å². The predicted molar refractivity (Wildman–Crippen MR) is 125 cm³/mol. The van der Waals surface area contributed by atoms with E-state index >= 15 is 0 Å². The van der Waals surface area contributed by atoms with Gasteiger partial charge in [-0.1, -0.05) is 32.0 Å². The molecule has 1 fully saturated rings. The number of anilines is 1. The average Bonchev–Trinajstić information content (AvgIpc) is 2.74. The second-order valence-corrected chi connectivity index (χ2v) is 9.35. The van der Waals surface area contributed by atoms with E-state index in [2.05, 4.69) is 66.7 Å². The van der Waals surface area contributed by atoms with Crippen molar-refractivity contribution in [1.29, 1.82) is 0 Å². The Balaban J connectivity index is 1.64. The molecule has 3 nitrogen and oxygen atoms in total. The Morgan fingerprint density at radius 3 is 2.31 bits per heavy atom. The number of amides is 1. The lowest BCUT2D eigenvalue weighted by molar-refractivity contribution is -0.118. The number of rotatable bonds is 6. The standard InChI is InChI=1S/C25H34N2OS/c1-17(2)25(28)26-22-9-6-18(3)24(16-22)21-12-14-27(15-13-21)19(4)20-7-10-23(29-5)11-8-20/h6-11,16-17,19,21H,12-15H2,1-5H3,(H,26,28). The van der Waals surface area contributed by atoms with Crippen LogP contribution in [0.15, 0.2) is 47.4 Å². The zero-order valence-corrected chi connectivity index (χ0v) is 19.2. The molecule has 1 aliphatic rings. The molecule has 1 atom stereocenters. The van der Waals surface area contributed by atoms with Crippen LogP contribution in [0.1, 0.15) is 62.3 Å². The van der Waals surface area contributed by atoms with E-state index in [1.807, 2.05) is 19.9 Å². The highest BCUT2D eigenvalue weighted by molar-refractivity contribution is 7.98. The lowest BCUT2D eigenvalue weighted by Crippen LogP contribution is -2.35. The third-order valence-electron chi connectivity index (χ3n) is 6.19. The maximum absolute atomic E-state index is 12.1. The fourth-order valence-electron chi connectivity index (χ4n) is 4.14. The molecule has 1 N–H and O–H groups in total. The molecule has 0 saturated carbocycles. The van der Waals surface area contributed by atoms with Gasteiger partial charge >= 0.3 is 0 Å². The van der Waals surface area contributed by atoms with E-state index in [1.165, 1.54) is 21.6 Å². The first kappa shape index (κ1) is 21.9. The molecule has 0 aromatic heterocycles. The summed E-state index contributed by atoms with van der Waals surface area (Å²) < 4.78 is 0. The second kappa shape index (κ2) is 9.82. The summed E-state index contributed by atoms with van der Waals surface area (Å²) in [5, 5.41) is 3.05. The van der Waals surface area contributed by atoms with Gasteiger partial charge in [0.1, 0.15) is 0 Å². The van der Waals surface area contributed by atoms with Crippen molar-refractivity contribution >= 4 is 23.4 Å². The Morgan fingerprint density at radius 2 is 1.72 bits per heavy atom. The summed E-state index contributed by atoms with van der Waals surface area (Å²) in [6.07, 6.45) is 4.44. The van der Waals surface area contributed by atoms with Gasteiger partial charge < -0.3 is 5.32 Å². The highest BCUT2D eigenvalue weighted by atomic mass is 32.2. The first-order valence-electron chi connectivity index (χ1n) is 10.7. The van der Waals surface area contributed by atoms with Crippen molar-refractivity contribution in [2.24, 2.45) is 5.92 Å². The molecule has 3 rings (SSSR count). The minimum atomic E-state index is -0.00512. The molecule has 1 unspecified atom stereocenters. The lowest BCUT2D eigenvalue weighted by atomic mass is 9.86. The zero-order valence-electron chi connectivity index (χ0n) is 18.4. The van der Waals surface area contributed by atoms with Gasteiger partial charge in [-0.25, -0.2) is 0 Å². The van der Waals surface area contributed by atoms with Crippen LogP contribution < -0.4 is 5.32 Å². The molecule has 0 aliphatic carbocycles. The van der Waals surface area contributed by atoms with Crippen LogP contribution in [0.2, 0.25) is 0 Å². The minimum absolute atomic E-state index is 0.00512. The highest BCUT2D eigenvalue weighted by Crippen LogP contribution is 2.35. The summed E-state index contributed by atoms with van der Waals surface area (Å²) >= 11 is 1.79. The van der Waals surface area contributed by atoms with Gasteiger partial charge in [0.25, 0.3) is 0 Å². The normalized spacial score (nSPS) is 16.8. The maximum Gasteiger partial charge on any atom is 0.226 e. The van der Waals surface area contributed by atoms with Crippen LogP contribution in [-0.2, 0) is 4.79 Å². The van der Waals surface area contributed by atoms with Crippen molar-refractivity contribution in [3.8, 4) is 0 Å². The molecule has 0 radical (unpaired) electrons. The SMILES string of the molecule is CSc1ccc(C(C)N2CCC(c3cc(NC(=O)C(C)C)ccc3C)CC2)cc1. The smallest absolute Gasteiger partial charge is 0.226 e. The number of hydrogen-bond donors (Lipinski definition) is 1. The molecule has 2 aromatic rings. The number of hydrogen-bond acceptors (Lipinski definition) is 3. The van der Waals surface area contributed by atoms with Crippen LogP contribution in [0.3, 0.4) is 0 Å². The average molecular weight is 411 g/mol. The van der Waals surface area contributed by atoms with E-state index in [1.54, 1.807) is 11.8 Å².